The van der Waals surface area contributed by atoms with Gasteiger partial charge >= 0.3 is 0 Å². The Morgan fingerprint density at radius 1 is 1.00 bits per heavy atom. The second-order valence-electron chi connectivity index (χ2n) is 9.66. The Hall–Kier alpha value is -3.57. The van der Waals surface area contributed by atoms with Crippen LogP contribution in [0.15, 0.2) is 78.4 Å². The van der Waals surface area contributed by atoms with Crippen LogP contribution in [-0.2, 0) is 21.5 Å². The topological polar surface area (TPSA) is 66.8 Å². The molecule has 0 aromatic heterocycles. The van der Waals surface area contributed by atoms with Gasteiger partial charge in [-0.2, -0.15) is 0 Å². The van der Waals surface area contributed by atoms with E-state index in [-0.39, 0.29) is 23.3 Å². The first kappa shape index (κ1) is 24.6. The van der Waals surface area contributed by atoms with Crippen LogP contribution in [0.1, 0.15) is 49.1 Å². The number of benzene rings is 3. The van der Waals surface area contributed by atoms with Crippen LogP contribution in [0.5, 0.6) is 5.75 Å². The highest BCUT2D eigenvalue weighted by Gasteiger charge is 2.46. The molecule has 6 heteroatoms. The summed E-state index contributed by atoms with van der Waals surface area (Å²) in [6, 6.07) is 21.1. The number of methoxy groups -OCH3 is 1. The minimum atomic E-state index is -0.755. The Morgan fingerprint density at radius 3 is 2.31 bits per heavy atom. The molecular formula is C29H28ClNO4. The molecule has 1 unspecified atom stereocenters. The summed E-state index contributed by atoms with van der Waals surface area (Å²) in [6.45, 7) is 6.54. The number of rotatable bonds is 5. The molecule has 0 bridgehead atoms. The molecule has 1 heterocycles. The zero-order valence-corrected chi connectivity index (χ0v) is 21.0. The van der Waals surface area contributed by atoms with E-state index in [4.69, 9.17) is 16.3 Å². The van der Waals surface area contributed by atoms with Crippen molar-refractivity contribution in [3.8, 4) is 5.75 Å². The third-order valence-corrected chi connectivity index (χ3v) is 6.45. The van der Waals surface area contributed by atoms with E-state index >= 15 is 0 Å². The highest BCUT2D eigenvalue weighted by atomic mass is 35.5. The van der Waals surface area contributed by atoms with Gasteiger partial charge in [-0.05, 0) is 46.4 Å². The van der Waals surface area contributed by atoms with Gasteiger partial charge in [0.05, 0.1) is 18.7 Å². The van der Waals surface area contributed by atoms with Crippen LogP contribution in [0, 0.1) is 0 Å². The van der Waals surface area contributed by atoms with Gasteiger partial charge in [0, 0.05) is 17.1 Å². The molecule has 4 rings (SSSR count). The van der Waals surface area contributed by atoms with E-state index in [0.717, 1.165) is 16.7 Å². The maximum Gasteiger partial charge on any atom is 0.295 e. The van der Waals surface area contributed by atoms with Gasteiger partial charge in [0.2, 0.25) is 0 Å². The van der Waals surface area contributed by atoms with Crippen molar-refractivity contribution in [3.63, 3.8) is 0 Å². The number of nitrogens with zero attached hydrogens (tertiary/aromatic N) is 1. The molecule has 3 aromatic rings. The molecule has 35 heavy (non-hydrogen) atoms. The van der Waals surface area contributed by atoms with E-state index in [0.29, 0.717) is 16.3 Å². The number of hydrogen-bond acceptors (Lipinski definition) is 4. The van der Waals surface area contributed by atoms with Crippen molar-refractivity contribution in [2.45, 2.75) is 38.8 Å². The van der Waals surface area contributed by atoms with Crippen molar-refractivity contribution in [1.82, 2.24) is 4.90 Å². The summed E-state index contributed by atoms with van der Waals surface area (Å²) >= 11 is 6.13. The Balaban J connectivity index is 1.85. The Kier molecular flexibility index (Phi) is 6.73. The average Bonchev–Trinajstić information content (AvgIpc) is 3.08. The molecule has 1 saturated heterocycles. The minimum Gasteiger partial charge on any atom is -0.507 e. The molecular weight excluding hydrogens is 462 g/mol. The monoisotopic (exact) mass is 489 g/mol. The molecule has 3 aromatic carbocycles. The molecule has 0 radical (unpaired) electrons. The molecule has 1 aliphatic rings. The van der Waals surface area contributed by atoms with E-state index in [2.05, 4.69) is 20.8 Å². The van der Waals surface area contributed by atoms with Gasteiger partial charge in [-0.3, -0.25) is 9.59 Å². The highest BCUT2D eigenvalue weighted by molar-refractivity contribution is 6.46. The average molecular weight is 490 g/mol. The third-order valence-electron chi connectivity index (χ3n) is 6.22. The fourth-order valence-corrected chi connectivity index (χ4v) is 4.50. The van der Waals surface area contributed by atoms with Gasteiger partial charge in [0.25, 0.3) is 11.7 Å². The first-order valence-electron chi connectivity index (χ1n) is 11.4. The Labute approximate surface area is 210 Å². The van der Waals surface area contributed by atoms with E-state index in [9.17, 15) is 14.7 Å². The van der Waals surface area contributed by atoms with E-state index in [1.165, 1.54) is 4.90 Å². The van der Waals surface area contributed by atoms with Gasteiger partial charge in [0.15, 0.2) is 0 Å². The van der Waals surface area contributed by atoms with Crippen LogP contribution >= 0.6 is 11.6 Å². The minimum absolute atomic E-state index is 0.0451. The smallest absolute Gasteiger partial charge is 0.295 e. The summed E-state index contributed by atoms with van der Waals surface area (Å²) in [7, 11) is 1.58. The first-order valence-corrected chi connectivity index (χ1v) is 11.8. The molecule has 0 aliphatic carbocycles. The van der Waals surface area contributed by atoms with Gasteiger partial charge < -0.3 is 14.7 Å². The SMILES string of the molecule is COc1cccc(CN2C(=O)C(=O)/C(=C(\O)c3cccc(Cl)c3)C2c2ccc(C(C)(C)C)cc2)c1. The van der Waals surface area contributed by atoms with Crippen LogP contribution in [0.3, 0.4) is 0 Å². The molecule has 1 atom stereocenters. The van der Waals surface area contributed by atoms with Crippen molar-refractivity contribution in [3.05, 3.63) is 106 Å². The molecule has 1 aliphatic heterocycles. The van der Waals surface area contributed by atoms with Gasteiger partial charge in [-0.15, -0.1) is 0 Å². The number of ketones is 1. The van der Waals surface area contributed by atoms with Crippen LogP contribution < -0.4 is 4.74 Å². The second-order valence-corrected chi connectivity index (χ2v) is 10.1. The molecule has 1 N–H and O–H groups in total. The van der Waals surface area contributed by atoms with Crippen molar-refractivity contribution < 1.29 is 19.4 Å². The molecule has 1 amide bonds. The van der Waals surface area contributed by atoms with Crippen molar-refractivity contribution in [1.29, 1.82) is 0 Å². The number of aliphatic hydroxyl groups excluding tert-OH is 1. The fraction of sp³-hybridized carbons (Fsp3) is 0.241. The molecule has 180 valence electrons. The number of Topliss-reactive ketones (excluding diaryl/α,β-unsaturated/α-hetero) is 1. The van der Waals surface area contributed by atoms with E-state index in [1.54, 1.807) is 31.4 Å². The van der Waals surface area contributed by atoms with E-state index < -0.39 is 17.7 Å². The molecule has 0 saturated carbocycles. The predicted molar refractivity (Wildman–Crippen MR) is 137 cm³/mol. The summed E-state index contributed by atoms with van der Waals surface area (Å²) in [4.78, 5) is 28.0. The quantitative estimate of drug-likeness (QED) is 0.260. The summed E-state index contributed by atoms with van der Waals surface area (Å²) in [5, 5.41) is 11.6. The number of halogens is 1. The zero-order valence-electron chi connectivity index (χ0n) is 20.2. The number of likely N-dealkylation sites (tertiary alicyclic amines) is 1. The van der Waals surface area contributed by atoms with Crippen LogP contribution in [-0.4, -0.2) is 28.8 Å². The largest absolute Gasteiger partial charge is 0.507 e. The summed E-state index contributed by atoms with van der Waals surface area (Å²) < 4.78 is 5.32. The van der Waals surface area contributed by atoms with Gasteiger partial charge in [-0.25, -0.2) is 0 Å². The van der Waals surface area contributed by atoms with Crippen molar-refractivity contribution in [2.24, 2.45) is 0 Å². The van der Waals surface area contributed by atoms with Crippen molar-refractivity contribution in [2.75, 3.05) is 7.11 Å². The van der Waals surface area contributed by atoms with Crippen molar-refractivity contribution >= 4 is 29.1 Å². The summed E-state index contributed by atoms with van der Waals surface area (Å²) in [5.41, 5.74) is 3.05. The highest BCUT2D eigenvalue weighted by Crippen LogP contribution is 2.41. The molecule has 5 nitrogen and oxygen atoms in total. The number of carbonyl (C=O) groups excluding carboxylic acids is 2. The lowest BCUT2D eigenvalue weighted by Crippen LogP contribution is -2.29. The zero-order chi connectivity index (χ0) is 25.3. The lowest BCUT2D eigenvalue weighted by molar-refractivity contribution is -0.140. The maximum absolute atomic E-state index is 13.3. The summed E-state index contributed by atoms with van der Waals surface area (Å²) in [6.07, 6.45) is 0. The second kappa shape index (κ2) is 9.59. The fourth-order valence-electron chi connectivity index (χ4n) is 4.31. The van der Waals surface area contributed by atoms with Crippen LogP contribution in [0.4, 0.5) is 0 Å². The number of hydrogen-bond donors (Lipinski definition) is 1. The Morgan fingerprint density at radius 2 is 1.69 bits per heavy atom. The lowest BCUT2D eigenvalue weighted by Gasteiger charge is -2.27. The van der Waals surface area contributed by atoms with Gasteiger partial charge in [0.1, 0.15) is 11.5 Å². The molecule has 0 spiro atoms. The third kappa shape index (κ3) is 4.96. The lowest BCUT2D eigenvalue weighted by atomic mass is 9.85. The standard InChI is InChI=1S/C29H28ClNO4/c1-29(2,3)21-13-11-19(12-14-21)25-24(26(32)20-8-6-9-22(30)16-20)27(33)28(34)31(25)17-18-7-5-10-23(15-18)35-4/h5-16,25,32H,17H2,1-4H3/b26-24-. The predicted octanol–water partition coefficient (Wildman–Crippen LogP) is 6.27. The number of carbonyl (C=O) groups is 2. The normalized spacial score (nSPS) is 17.6. The first-order chi connectivity index (χ1) is 16.6. The Bertz CT molecular complexity index is 1300. The van der Waals surface area contributed by atoms with Crippen LogP contribution in [0.25, 0.3) is 5.76 Å². The molecule has 1 fully saturated rings. The number of amides is 1. The van der Waals surface area contributed by atoms with Gasteiger partial charge in [-0.1, -0.05) is 80.9 Å². The number of ether oxygens (including phenoxy) is 1. The summed E-state index contributed by atoms with van der Waals surface area (Å²) in [5.74, 6) is -0.982. The maximum atomic E-state index is 13.3. The van der Waals surface area contributed by atoms with Crippen LogP contribution in [0.2, 0.25) is 5.02 Å². The number of aliphatic hydroxyl groups is 1. The van der Waals surface area contributed by atoms with E-state index in [1.807, 2.05) is 48.5 Å².